The second-order valence-electron chi connectivity index (χ2n) is 5.85. The molecule has 0 spiro atoms. The van der Waals surface area contributed by atoms with Crippen molar-refractivity contribution in [2.75, 3.05) is 13.2 Å². The van der Waals surface area contributed by atoms with Crippen LogP contribution in [0.2, 0.25) is 0 Å². The van der Waals surface area contributed by atoms with Crippen molar-refractivity contribution in [1.82, 2.24) is 5.32 Å². The van der Waals surface area contributed by atoms with Crippen molar-refractivity contribution in [1.29, 1.82) is 0 Å². The van der Waals surface area contributed by atoms with Gasteiger partial charge in [-0.15, -0.1) is 0 Å². The smallest absolute Gasteiger partial charge is 0.258 e. The largest absolute Gasteiger partial charge is 0.494 e. The van der Waals surface area contributed by atoms with Crippen LogP contribution in [-0.4, -0.2) is 19.1 Å². The quantitative estimate of drug-likeness (QED) is 0.837. The zero-order valence-electron chi connectivity index (χ0n) is 14.8. The molecule has 0 fully saturated rings. The Morgan fingerprint density at radius 1 is 1.08 bits per heavy atom. The molecule has 0 radical (unpaired) electrons. The number of amides is 1. The maximum Gasteiger partial charge on any atom is 0.258 e. The molecule has 1 amide bonds. The molecular weight excluding hydrogens is 302 g/mol. The molecule has 0 aliphatic rings. The van der Waals surface area contributed by atoms with E-state index in [1.807, 2.05) is 70.2 Å². The molecule has 128 valence electrons. The van der Waals surface area contributed by atoms with Crippen molar-refractivity contribution in [3.8, 4) is 11.5 Å². The average Bonchev–Trinajstić information content (AvgIpc) is 2.56. The fraction of sp³-hybridized carbons (Fsp3) is 0.350. The SMILES string of the molecule is CCOc1ccc([C@H](C)NC(=O)COc2cc(C)ccc2C)cc1. The van der Waals surface area contributed by atoms with Crippen molar-refractivity contribution in [2.45, 2.75) is 33.7 Å². The summed E-state index contributed by atoms with van der Waals surface area (Å²) >= 11 is 0. The Kier molecular flexibility index (Phi) is 6.24. The first-order valence-electron chi connectivity index (χ1n) is 8.21. The second-order valence-corrected chi connectivity index (χ2v) is 5.85. The number of hydrogen-bond donors (Lipinski definition) is 1. The molecule has 0 aliphatic carbocycles. The Morgan fingerprint density at radius 2 is 1.79 bits per heavy atom. The van der Waals surface area contributed by atoms with Gasteiger partial charge in [-0.25, -0.2) is 0 Å². The fourth-order valence-corrected chi connectivity index (χ4v) is 2.39. The lowest BCUT2D eigenvalue weighted by atomic mass is 10.1. The van der Waals surface area contributed by atoms with Crippen molar-refractivity contribution in [3.63, 3.8) is 0 Å². The van der Waals surface area contributed by atoms with E-state index in [1.54, 1.807) is 0 Å². The van der Waals surface area contributed by atoms with E-state index in [0.717, 1.165) is 28.2 Å². The molecule has 1 atom stereocenters. The van der Waals surface area contributed by atoms with Gasteiger partial charge in [0.15, 0.2) is 6.61 Å². The molecule has 4 heteroatoms. The van der Waals surface area contributed by atoms with Gasteiger partial charge in [0.25, 0.3) is 5.91 Å². The molecule has 0 aromatic heterocycles. The molecule has 0 bridgehead atoms. The first-order valence-corrected chi connectivity index (χ1v) is 8.21. The van der Waals surface area contributed by atoms with Crippen LogP contribution in [0, 0.1) is 13.8 Å². The van der Waals surface area contributed by atoms with Gasteiger partial charge in [0.1, 0.15) is 11.5 Å². The Labute approximate surface area is 143 Å². The van der Waals surface area contributed by atoms with Gasteiger partial charge in [0.05, 0.1) is 12.6 Å². The van der Waals surface area contributed by atoms with Gasteiger partial charge in [-0.1, -0.05) is 24.3 Å². The van der Waals surface area contributed by atoms with E-state index < -0.39 is 0 Å². The minimum Gasteiger partial charge on any atom is -0.494 e. The lowest BCUT2D eigenvalue weighted by molar-refractivity contribution is -0.123. The minimum absolute atomic E-state index is 0.00562. The molecule has 0 heterocycles. The summed E-state index contributed by atoms with van der Waals surface area (Å²) in [6, 6.07) is 13.6. The highest BCUT2D eigenvalue weighted by Crippen LogP contribution is 2.20. The monoisotopic (exact) mass is 327 g/mol. The van der Waals surface area contributed by atoms with E-state index in [9.17, 15) is 4.79 Å². The Bertz CT molecular complexity index is 680. The third-order valence-electron chi connectivity index (χ3n) is 3.77. The van der Waals surface area contributed by atoms with Crippen LogP contribution >= 0.6 is 0 Å². The number of rotatable bonds is 7. The highest BCUT2D eigenvalue weighted by Gasteiger charge is 2.11. The topological polar surface area (TPSA) is 47.6 Å². The summed E-state index contributed by atoms with van der Waals surface area (Å²) in [5.41, 5.74) is 3.16. The number of benzene rings is 2. The third kappa shape index (κ3) is 5.01. The summed E-state index contributed by atoms with van der Waals surface area (Å²) < 4.78 is 11.1. The highest BCUT2D eigenvalue weighted by atomic mass is 16.5. The Balaban J connectivity index is 1.88. The van der Waals surface area contributed by atoms with Gasteiger partial charge in [0.2, 0.25) is 0 Å². The standard InChI is InChI=1S/C20H25NO3/c1-5-23-18-10-8-17(9-11-18)16(4)21-20(22)13-24-19-12-14(2)6-7-15(19)3/h6-12,16H,5,13H2,1-4H3,(H,21,22)/t16-/m0/s1. The van der Waals surface area contributed by atoms with Gasteiger partial charge >= 0.3 is 0 Å². The zero-order valence-corrected chi connectivity index (χ0v) is 14.8. The van der Waals surface area contributed by atoms with E-state index in [2.05, 4.69) is 5.32 Å². The van der Waals surface area contributed by atoms with E-state index in [-0.39, 0.29) is 18.6 Å². The maximum absolute atomic E-state index is 12.1. The molecule has 0 saturated heterocycles. The molecule has 2 rings (SSSR count). The lowest BCUT2D eigenvalue weighted by Crippen LogP contribution is -2.31. The summed E-state index contributed by atoms with van der Waals surface area (Å²) in [7, 11) is 0. The summed E-state index contributed by atoms with van der Waals surface area (Å²) in [6.07, 6.45) is 0. The van der Waals surface area contributed by atoms with Crippen LogP contribution in [0.1, 0.15) is 36.6 Å². The van der Waals surface area contributed by atoms with E-state index >= 15 is 0 Å². The number of aryl methyl sites for hydroxylation is 2. The molecule has 0 aliphatic heterocycles. The summed E-state index contributed by atoms with van der Waals surface area (Å²) in [6.45, 7) is 8.51. The van der Waals surface area contributed by atoms with E-state index in [4.69, 9.17) is 9.47 Å². The second kappa shape index (κ2) is 8.39. The molecule has 0 unspecified atom stereocenters. The zero-order chi connectivity index (χ0) is 17.5. The van der Waals surface area contributed by atoms with E-state index in [0.29, 0.717) is 6.61 Å². The van der Waals surface area contributed by atoms with Crippen LogP contribution in [0.25, 0.3) is 0 Å². The van der Waals surface area contributed by atoms with Crippen molar-refractivity contribution in [3.05, 3.63) is 59.2 Å². The van der Waals surface area contributed by atoms with Crippen LogP contribution in [0.5, 0.6) is 11.5 Å². The molecule has 4 nitrogen and oxygen atoms in total. The third-order valence-corrected chi connectivity index (χ3v) is 3.77. The molecule has 1 N–H and O–H groups in total. The number of ether oxygens (including phenoxy) is 2. The van der Waals surface area contributed by atoms with Gasteiger partial charge in [-0.3, -0.25) is 4.79 Å². The first kappa shape index (κ1) is 17.9. The number of hydrogen-bond acceptors (Lipinski definition) is 3. The summed E-state index contributed by atoms with van der Waals surface area (Å²) in [4.78, 5) is 12.1. The predicted molar refractivity (Wildman–Crippen MR) is 95.6 cm³/mol. The average molecular weight is 327 g/mol. The molecular formula is C20H25NO3. The Hall–Kier alpha value is -2.49. The van der Waals surface area contributed by atoms with Gasteiger partial charge in [0, 0.05) is 0 Å². The number of nitrogens with one attached hydrogen (secondary N) is 1. The molecule has 2 aromatic rings. The van der Waals surface area contributed by atoms with Crippen molar-refractivity contribution in [2.24, 2.45) is 0 Å². The number of carbonyl (C=O) groups is 1. The fourth-order valence-electron chi connectivity index (χ4n) is 2.39. The van der Waals surface area contributed by atoms with Crippen LogP contribution in [0.15, 0.2) is 42.5 Å². The van der Waals surface area contributed by atoms with Gasteiger partial charge in [-0.05, 0) is 62.6 Å². The highest BCUT2D eigenvalue weighted by molar-refractivity contribution is 5.78. The van der Waals surface area contributed by atoms with Crippen molar-refractivity contribution < 1.29 is 14.3 Å². The van der Waals surface area contributed by atoms with Gasteiger partial charge in [-0.2, -0.15) is 0 Å². The molecule has 24 heavy (non-hydrogen) atoms. The summed E-state index contributed by atoms with van der Waals surface area (Å²) in [5, 5.41) is 2.95. The Morgan fingerprint density at radius 3 is 2.46 bits per heavy atom. The van der Waals surface area contributed by atoms with Gasteiger partial charge < -0.3 is 14.8 Å². The van der Waals surface area contributed by atoms with Crippen LogP contribution in [0.3, 0.4) is 0 Å². The van der Waals surface area contributed by atoms with Crippen LogP contribution in [0.4, 0.5) is 0 Å². The first-order chi connectivity index (χ1) is 11.5. The van der Waals surface area contributed by atoms with Crippen LogP contribution in [-0.2, 0) is 4.79 Å². The number of carbonyl (C=O) groups excluding carboxylic acids is 1. The lowest BCUT2D eigenvalue weighted by Gasteiger charge is -2.16. The minimum atomic E-state index is -0.141. The molecule has 0 saturated carbocycles. The van der Waals surface area contributed by atoms with Crippen LogP contribution < -0.4 is 14.8 Å². The predicted octanol–water partition coefficient (Wildman–Crippen LogP) is 3.96. The van der Waals surface area contributed by atoms with Crippen molar-refractivity contribution >= 4 is 5.91 Å². The molecule has 2 aromatic carbocycles. The van der Waals surface area contributed by atoms with E-state index in [1.165, 1.54) is 0 Å². The summed E-state index contributed by atoms with van der Waals surface area (Å²) in [5.74, 6) is 1.44. The normalized spacial score (nSPS) is 11.7. The maximum atomic E-state index is 12.1.